The van der Waals surface area contributed by atoms with Crippen molar-refractivity contribution in [2.24, 2.45) is 0 Å². The fourth-order valence-electron chi connectivity index (χ4n) is 5.34. The molecular weight excluding hydrogens is 478 g/mol. The van der Waals surface area contributed by atoms with Crippen LogP contribution < -0.4 is 4.90 Å². The first kappa shape index (κ1) is 22.5. The van der Waals surface area contributed by atoms with Crippen LogP contribution in [-0.4, -0.2) is 0 Å². The molecule has 0 aliphatic rings. The molecule has 1 nitrogen and oxygen atoms in total. The van der Waals surface area contributed by atoms with Gasteiger partial charge in [0.05, 0.1) is 5.69 Å². The van der Waals surface area contributed by atoms with Gasteiger partial charge in [0, 0.05) is 37.1 Å². The maximum absolute atomic E-state index is 2.38. The summed E-state index contributed by atoms with van der Waals surface area (Å²) >= 11 is 1.86. The number of rotatable bonds is 5. The van der Waals surface area contributed by atoms with Crippen LogP contribution in [0.25, 0.3) is 42.4 Å². The highest BCUT2D eigenvalue weighted by atomic mass is 32.1. The Hall–Kier alpha value is -4.66. The number of para-hydroxylation sites is 2. The molecule has 0 atom stereocenters. The third-order valence-electron chi connectivity index (χ3n) is 7.07. The van der Waals surface area contributed by atoms with Crippen LogP contribution in [-0.2, 0) is 0 Å². The number of nitrogens with zero attached hydrogens (tertiary/aromatic N) is 1. The number of benzene rings is 6. The SMILES string of the molecule is c1ccc(-c2ccc(-c3cccc4sc5ccccc5c34)c(N(c3ccccc3)c3ccccc3)c2)cc1. The van der Waals surface area contributed by atoms with Gasteiger partial charge in [-0.05, 0) is 59.2 Å². The number of fused-ring (bicyclic) bond motifs is 3. The van der Waals surface area contributed by atoms with Crippen molar-refractivity contribution >= 4 is 48.6 Å². The van der Waals surface area contributed by atoms with Gasteiger partial charge in [0.15, 0.2) is 0 Å². The average Bonchev–Trinajstić information content (AvgIpc) is 3.38. The largest absolute Gasteiger partial charge is 0.310 e. The highest BCUT2D eigenvalue weighted by Crippen LogP contribution is 2.46. The van der Waals surface area contributed by atoms with E-state index in [1.165, 1.54) is 42.4 Å². The Morgan fingerprint density at radius 1 is 0.421 bits per heavy atom. The Balaban J connectivity index is 1.56. The van der Waals surface area contributed by atoms with E-state index in [1.807, 2.05) is 11.3 Å². The molecule has 0 aliphatic heterocycles. The summed E-state index contributed by atoms with van der Waals surface area (Å²) in [7, 11) is 0. The summed E-state index contributed by atoms with van der Waals surface area (Å²) in [6.07, 6.45) is 0. The maximum Gasteiger partial charge on any atom is 0.0546 e. The Kier molecular flexibility index (Phi) is 5.73. The van der Waals surface area contributed by atoms with E-state index in [0.717, 1.165) is 17.1 Å². The van der Waals surface area contributed by atoms with Crippen LogP contribution in [0, 0.1) is 0 Å². The van der Waals surface area contributed by atoms with Crippen LogP contribution in [0.15, 0.2) is 152 Å². The predicted molar refractivity (Wildman–Crippen MR) is 165 cm³/mol. The standard InChI is InChI=1S/C36H25NS/c1-4-13-26(14-5-1)27-23-24-30(31-20-12-22-35-36(31)32-19-10-11-21-34(32)38-35)33(25-27)37(28-15-6-2-7-16-28)29-17-8-3-9-18-29/h1-25H. The monoisotopic (exact) mass is 503 g/mol. The van der Waals surface area contributed by atoms with Crippen LogP contribution in [0.3, 0.4) is 0 Å². The number of hydrogen-bond donors (Lipinski definition) is 0. The molecule has 0 saturated heterocycles. The summed E-state index contributed by atoms with van der Waals surface area (Å²) in [5.74, 6) is 0. The zero-order valence-corrected chi connectivity index (χ0v) is 21.6. The van der Waals surface area contributed by atoms with Gasteiger partial charge in [-0.15, -0.1) is 11.3 Å². The first-order valence-electron chi connectivity index (χ1n) is 12.9. The molecule has 0 fully saturated rings. The minimum absolute atomic E-state index is 1.13. The van der Waals surface area contributed by atoms with Crippen molar-refractivity contribution in [2.75, 3.05) is 4.90 Å². The van der Waals surface area contributed by atoms with Crippen LogP contribution >= 0.6 is 11.3 Å². The first-order valence-corrected chi connectivity index (χ1v) is 13.7. The molecule has 38 heavy (non-hydrogen) atoms. The third kappa shape index (κ3) is 3.96. The molecule has 0 unspecified atom stereocenters. The lowest BCUT2D eigenvalue weighted by atomic mass is 9.94. The summed E-state index contributed by atoms with van der Waals surface area (Å²) in [6.45, 7) is 0. The van der Waals surface area contributed by atoms with Gasteiger partial charge in [-0.3, -0.25) is 0 Å². The summed E-state index contributed by atoms with van der Waals surface area (Å²) in [5, 5.41) is 2.63. The third-order valence-corrected chi connectivity index (χ3v) is 8.20. The van der Waals surface area contributed by atoms with Crippen molar-refractivity contribution in [1.82, 2.24) is 0 Å². The van der Waals surface area contributed by atoms with Gasteiger partial charge >= 0.3 is 0 Å². The van der Waals surface area contributed by atoms with E-state index in [1.54, 1.807) is 0 Å². The second-order valence-corrected chi connectivity index (χ2v) is 10.5. The summed E-state index contributed by atoms with van der Waals surface area (Å²) in [4.78, 5) is 2.38. The summed E-state index contributed by atoms with van der Waals surface area (Å²) in [6, 6.07) is 54.4. The first-order chi connectivity index (χ1) is 18.9. The quantitative estimate of drug-likeness (QED) is 0.226. The molecule has 0 N–H and O–H groups in total. The van der Waals surface area contributed by atoms with Gasteiger partial charge in [-0.2, -0.15) is 0 Å². The summed E-state index contributed by atoms with van der Waals surface area (Å²) < 4.78 is 2.63. The van der Waals surface area contributed by atoms with Gasteiger partial charge in [-0.1, -0.05) is 109 Å². The van der Waals surface area contributed by atoms with E-state index in [0.29, 0.717) is 0 Å². The lowest BCUT2D eigenvalue weighted by Crippen LogP contribution is -2.11. The lowest BCUT2D eigenvalue weighted by molar-refractivity contribution is 1.28. The highest BCUT2D eigenvalue weighted by Gasteiger charge is 2.20. The highest BCUT2D eigenvalue weighted by molar-refractivity contribution is 7.25. The van der Waals surface area contributed by atoms with Crippen molar-refractivity contribution in [1.29, 1.82) is 0 Å². The van der Waals surface area contributed by atoms with Gasteiger partial charge in [-0.25, -0.2) is 0 Å². The second kappa shape index (κ2) is 9.66. The van der Waals surface area contributed by atoms with Crippen LogP contribution in [0.2, 0.25) is 0 Å². The number of anilines is 3. The van der Waals surface area contributed by atoms with E-state index in [4.69, 9.17) is 0 Å². The fourth-order valence-corrected chi connectivity index (χ4v) is 6.47. The van der Waals surface area contributed by atoms with Crippen LogP contribution in [0.4, 0.5) is 17.1 Å². The number of hydrogen-bond acceptors (Lipinski definition) is 2. The Morgan fingerprint density at radius 3 is 1.74 bits per heavy atom. The van der Waals surface area contributed by atoms with Crippen LogP contribution in [0.1, 0.15) is 0 Å². The Bertz CT molecular complexity index is 1820. The van der Waals surface area contributed by atoms with E-state index in [2.05, 4.69) is 157 Å². The zero-order chi connectivity index (χ0) is 25.3. The molecule has 7 rings (SSSR count). The molecule has 6 aromatic carbocycles. The molecule has 0 bridgehead atoms. The van der Waals surface area contributed by atoms with Crippen LogP contribution in [0.5, 0.6) is 0 Å². The molecule has 0 aliphatic carbocycles. The van der Waals surface area contributed by atoms with E-state index < -0.39 is 0 Å². The smallest absolute Gasteiger partial charge is 0.0546 e. The van der Waals surface area contributed by atoms with E-state index in [9.17, 15) is 0 Å². The van der Waals surface area contributed by atoms with Gasteiger partial charge in [0.2, 0.25) is 0 Å². The molecule has 180 valence electrons. The predicted octanol–water partition coefficient (Wildman–Crippen LogP) is 10.9. The van der Waals surface area contributed by atoms with Crippen molar-refractivity contribution in [3.05, 3.63) is 152 Å². The van der Waals surface area contributed by atoms with E-state index >= 15 is 0 Å². The zero-order valence-electron chi connectivity index (χ0n) is 20.8. The van der Waals surface area contributed by atoms with Crippen molar-refractivity contribution in [3.63, 3.8) is 0 Å². The molecule has 0 amide bonds. The lowest BCUT2D eigenvalue weighted by Gasteiger charge is -2.28. The van der Waals surface area contributed by atoms with Gasteiger partial charge in [0.25, 0.3) is 0 Å². The van der Waals surface area contributed by atoms with Gasteiger partial charge in [0.1, 0.15) is 0 Å². The second-order valence-electron chi connectivity index (χ2n) is 9.38. The topological polar surface area (TPSA) is 3.24 Å². The normalized spacial score (nSPS) is 11.2. The Morgan fingerprint density at radius 2 is 1.03 bits per heavy atom. The Labute approximate surface area is 226 Å². The van der Waals surface area contributed by atoms with Gasteiger partial charge < -0.3 is 4.90 Å². The molecule has 1 aromatic heterocycles. The molecule has 0 radical (unpaired) electrons. The minimum Gasteiger partial charge on any atom is -0.310 e. The number of thiophene rings is 1. The van der Waals surface area contributed by atoms with Crippen molar-refractivity contribution in [3.8, 4) is 22.3 Å². The maximum atomic E-state index is 2.38. The summed E-state index contributed by atoms with van der Waals surface area (Å²) in [5.41, 5.74) is 8.30. The minimum atomic E-state index is 1.13. The van der Waals surface area contributed by atoms with E-state index in [-0.39, 0.29) is 0 Å². The van der Waals surface area contributed by atoms with Crippen molar-refractivity contribution in [2.45, 2.75) is 0 Å². The average molecular weight is 504 g/mol. The molecule has 0 saturated carbocycles. The molecule has 7 aromatic rings. The molecular formula is C36H25NS. The molecule has 1 heterocycles. The van der Waals surface area contributed by atoms with Crippen molar-refractivity contribution < 1.29 is 0 Å². The fraction of sp³-hybridized carbons (Fsp3) is 0. The molecule has 0 spiro atoms. The molecule has 2 heteroatoms.